The van der Waals surface area contributed by atoms with Gasteiger partial charge in [-0.05, 0) is 60.2 Å². The molecular weight excluding hydrogens is 480 g/mol. The van der Waals surface area contributed by atoms with Crippen LogP contribution in [0, 0.1) is 13.8 Å². The van der Waals surface area contributed by atoms with E-state index < -0.39 is 17.0 Å². The van der Waals surface area contributed by atoms with Gasteiger partial charge in [-0.1, -0.05) is 65.8 Å². The molecule has 0 aliphatic rings. The van der Waals surface area contributed by atoms with Crippen molar-refractivity contribution in [3.8, 4) is 5.75 Å². The van der Waals surface area contributed by atoms with E-state index in [9.17, 15) is 5.11 Å². The Morgan fingerprint density at radius 1 is 0.903 bits per heavy atom. The van der Waals surface area contributed by atoms with Gasteiger partial charge >= 0.3 is 35.6 Å². The summed E-state index contributed by atoms with van der Waals surface area (Å²) in [6, 6.07) is 21.1. The molecule has 3 aromatic carbocycles. The number of benzene rings is 3. The quantitative estimate of drug-likeness (QED) is 0.300. The van der Waals surface area contributed by atoms with E-state index in [1.807, 2.05) is 13.0 Å². The third-order valence-corrected chi connectivity index (χ3v) is 6.73. The zero-order chi connectivity index (χ0) is 23.2. The van der Waals surface area contributed by atoms with Crippen LogP contribution in [0.5, 0.6) is 5.75 Å². The molecular formula is C25H30Cl2NOPTi. The molecule has 0 aromatic heterocycles. The Balaban J connectivity index is 0.00000107. The molecule has 1 N–H and O–H groups in total. The molecule has 3 rings (SSSR count). The number of para-hydroxylation sites is 1. The van der Waals surface area contributed by atoms with E-state index in [0.717, 1.165) is 16.6 Å². The van der Waals surface area contributed by atoms with Crippen LogP contribution < -0.4 is 15.5 Å². The van der Waals surface area contributed by atoms with Crippen LogP contribution in [0.1, 0.15) is 37.5 Å². The number of halogens is 2. The maximum absolute atomic E-state index is 10.8. The predicted molar refractivity (Wildman–Crippen MR) is 137 cm³/mol. The Bertz CT molecular complexity index is 1010. The Morgan fingerprint density at radius 2 is 1.52 bits per heavy atom. The average molecular weight is 510 g/mol. The molecule has 0 saturated carbocycles. The van der Waals surface area contributed by atoms with Gasteiger partial charge in [0.25, 0.3) is 0 Å². The molecule has 164 valence electrons. The maximum atomic E-state index is 10.8. The summed E-state index contributed by atoms with van der Waals surface area (Å²) in [5.41, 5.74) is 5.84. The van der Waals surface area contributed by atoms with Crippen molar-refractivity contribution in [2.45, 2.75) is 40.0 Å². The summed E-state index contributed by atoms with van der Waals surface area (Å²) in [4.78, 5) is 2.23. The predicted octanol–water partition coefficient (Wildman–Crippen LogP) is 7.08. The van der Waals surface area contributed by atoms with E-state index in [1.54, 1.807) is 0 Å². The fourth-order valence-corrected chi connectivity index (χ4v) is 4.80. The fourth-order valence-electron chi connectivity index (χ4n) is 3.33. The van der Waals surface area contributed by atoms with Gasteiger partial charge in [0.2, 0.25) is 0 Å². The summed E-state index contributed by atoms with van der Waals surface area (Å²) in [5.74, 6) is 0.419. The summed E-state index contributed by atoms with van der Waals surface area (Å²) in [5, 5.41) is 13.1. The van der Waals surface area contributed by atoms with E-state index >= 15 is 0 Å². The van der Waals surface area contributed by atoms with Crippen LogP contribution in [0.25, 0.3) is 0 Å². The van der Waals surface area contributed by atoms with E-state index in [4.69, 9.17) is 18.6 Å². The van der Waals surface area contributed by atoms with Crippen molar-refractivity contribution >= 4 is 49.2 Å². The molecule has 1 atom stereocenters. The molecule has 0 saturated heterocycles. The molecule has 0 aliphatic heterocycles. The van der Waals surface area contributed by atoms with Gasteiger partial charge in [-0.25, -0.2) is 0 Å². The van der Waals surface area contributed by atoms with Crippen LogP contribution in [-0.4, -0.2) is 12.2 Å². The number of aromatic hydroxyl groups is 1. The van der Waals surface area contributed by atoms with Crippen LogP contribution in [0.3, 0.4) is 0 Å². The second-order valence-electron chi connectivity index (χ2n) is 8.50. The van der Waals surface area contributed by atoms with Crippen LogP contribution in [0.15, 0.2) is 60.7 Å². The first-order chi connectivity index (χ1) is 14.6. The topological polar surface area (TPSA) is 23.5 Å². The van der Waals surface area contributed by atoms with Crippen LogP contribution in [0.4, 0.5) is 11.4 Å². The number of rotatable bonds is 4. The molecule has 31 heavy (non-hydrogen) atoms. The Hall–Kier alpha value is -1.02. The summed E-state index contributed by atoms with van der Waals surface area (Å²) < 4.78 is 0. The zero-order valence-corrected chi connectivity index (χ0v) is 23.0. The standard InChI is InChI=1S/C25H30NOP.2ClH.Ti/c1-17-11-10-14-21(26(6)20-12-8-7-9-13-20)24(17)28-22-16-19(25(3,4)5)15-18(2)23(22)27;;;/h7-16,27-28H,1-6H3;2*1H;/q;;;+2/p-2. The summed E-state index contributed by atoms with van der Waals surface area (Å²) in [7, 11) is 12.3. The van der Waals surface area contributed by atoms with Gasteiger partial charge in [0, 0.05) is 29.0 Å². The van der Waals surface area contributed by atoms with Gasteiger partial charge in [0.15, 0.2) is 0 Å². The number of nitrogens with zero attached hydrogens (tertiary/aromatic N) is 1. The van der Waals surface area contributed by atoms with Gasteiger partial charge in [0.05, 0.1) is 0 Å². The van der Waals surface area contributed by atoms with Crippen molar-refractivity contribution in [1.82, 2.24) is 0 Å². The van der Waals surface area contributed by atoms with Crippen molar-refractivity contribution in [2.24, 2.45) is 0 Å². The first-order valence-electron chi connectivity index (χ1n) is 10.1. The van der Waals surface area contributed by atoms with Crippen molar-refractivity contribution in [2.75, 3.05) is 11.9 Å². The Labute approximate surface area is 205 Å². The molecule has 6 heteroatoms. The molecule has 0 bridgehead atoms. The van der Waals surface area contributed by atoms with Crippen molar-refractivity contribution in [3.05, 3.63) is 77.4 Å². The molecule has 0 fully saturated rings. The SMILES string of the molecule is Cc1cc(C(C)(C)C)cc(Pc2c(C)cccc2N(C)c2ccccc2)c1O.[Cl][Ti][Cl]. The first-order valence-corrected chi connectivity index (χ1v) is 15.4. The van der Waals surface area contributed by atoms with Crippen molar-refractivity contribution < 1.29 is 22.1 Å². The van der Waals surface area contributed by atoms with E-state index in [2.05, 4.69) is 94.2 Å². The van der Waals surface area contributed by atoms with Gasteiger partial charge in [-0.3, -0.25) is 0 Å². The number of phenolic OH excluding ortho intramolecular Hbond substituents is 1. The first kappa shape index (κ1) is 26.2. The molecule has 0 heterocycles. The number of anilines is 2. The molecule has 0 spiro atoms. The zero-order valence-electron chi connectivity index (χ0n) is 18.9. The third-order valence-electron chi connectivity index (χ3n) is 5.18. The van der Waals surface area contributed by atoms with Crippen molar-refractivity contribution in [1.29, 1.82) is 0 Å². The van der Waals surface area contributed by atoms with Gasteiger partial charge in [-0.2, -0.15) is 0 Å². The van der Waals surface area contributed by atoms with Gasteiger partial charge in [-0.15, -0.1) is 0 Å². The van der Waals surface area contributed by atoms with Crippen molar-refractivity contribution in [3.63, 3.8) is 0 Å². The van der Waals surface area contributed by atoms with Gasteiger partial charge < -0.3 is 10.0 Å². The summed E-state index contributed by atoms with van der Waals surface area (Å²) >= 11 is -0.556. The van der Waals surface area contributed by atoms with Crippen LogP contribution in [0.2, 0.25) is 0 Å². The third kappa shape index (κ3) is 6.98. The number of aryl methyl sites for hydroxylation is 2. The second-order valence-corrected chi connectivity index (χ2v) is 12.4. The van der Waals surface area contributed by atoms with E-state index in [1.165, 1.54) is 22.1 Å². The molecule has 2 nitrogen and oxygen atoms in total. The molecule has 0 aliphatic carbocycles. The molecule has 3 aromatic rings. The van der Waals surface area contributed by atoms with Crippen LogP contribution >= 0.6 is 27.2 Å². The average Bonchev–Trinajstić information content (AvgIpc) is 2.72. The molecule has 0 amide bonds. The monoisotopic (exact) mass is 509 g/mol. The minimum atomic E-state index is -0.556. The number of hydrogen-bond donors (Lipinski definition) is 1. The van der Waals surface area contributed by atoms with Gasteiger partial charge in [0.1, 0.15) is 5.75 Å². The summed E-state index contributed by atoms with van der Waals surface area (Å²) in [6.07, 6.45) is 0. The van der Waals surface area contributed by atoms with E-state index in [0.29, 0.717) is 14.3 Å². The number of phenols is 1. The molecule has 1 unspecified atom stereocenters. The number of hydrogen-bond acceptors (Lipinski definition) is 2. The normalized spacial score (nSPS) is 11.2. The van der Waals surface area contributed by atoms with E-state index in [-0.39, 0.29) is 5.41 Å². The molecule has 0 radical (unpaired) electrons. The minimum absolute atomic E-state index is 0.0487. The van der Waals surface area contributed by atoms with Crippen LogP contribution in [-0.2, 0) is 22.4 Å². The Morgan fingerprint density at radius 3 is 2.10 bits per heavy atom. The second kappa shape index (κ2) is 11.7. The Kier molecular flexibility index (Phi) is 9.93. The summed E-state index contributed by atoms with van der Waals surface area (Å²) in [6.45, 7) is 10.8. The fraction of sp³-hybridized carbons (Fsp3) is 0.280.